The predicted octanol–water partition coefficient (Wildman–Crippen LogP) is 0.183. The van der Waals surface area contributed by atoms with Crippen molar-refractivity contribution in [2.75, 3.05) is 18.4 Å². The highest BCUT2D eigenvalue weighted by atomic mass is 35.5. The van der Waals surface area contributed by atoms with Crippen molar-refractivity contribution in [2.45, 2.75) is 0 Å². The van der Waals surface area contributed by atoms with Gasteiger partial charge in [0.25, 0.3) is 0 Å². The lowest BCUT2D eigenvalue weighted by Crippen LogP contribution is -2.36. The number of hydrogen-bond donors (Lipinski definition) is 3. The Bertz CT molecular complexity index is 316. The van der Waals surface area contributed by atoms with Gasteiger partial charge in [-0.25, -0.2) is 0 Å². The van der Waals surface area contributed by atoms with Crippen molar-refractivity contribution in [1.82, 2.24) is 5.32 Å². The molecule has 84 valence electrons. The van der Waals surface area contributed by atoms with Crippen LogP contribution in [0.2, 0.25) is 0 Å². The number of carbonyl (C=O) groups is 2. The molecule has 0 saturated heterocycles. The van der Waals surface area contributed by atoms with Crippen LogP contribution in [0.5, 0.6) is 0 Å². The Hall–Kier alpha value is -1.11. The average Bonchev–Trinajstić information content (AvgIpc) is 2.66. The van der Waals surface area contributed by atoms with Crippen LogP contribution in [0.1, 0.15) is 0 Å². The first-order valence-corrected chi connectivity index (χ1v) is 4.95. The third-order valence-corrected chi connectivity index (χ3v) is 2.12. The third-order valence-electron chi connectivity index (χ3n) is 1.44. The molecule has 1 heterocycles. The molecule has 5 nitrogen and oxygen atoms in total. The highest BCUT2D eigenvalue weighted by molar-refractivity contribution is 7.08. The zero-order valence-corrected chi connectivity index (χ0v) is 9.49. The number of amides is 2. The zero-order valence-electron chi connectivity index (χ0n) is 7.86. The Balaban J connectivity index is 0.00000196. The molecular weight excluding hydrogens is 238 g/mol. The van der Waals surface area contributed by atoms with Crippen LogP contribution in [-0.2, 0) is 9.59 Å². The second-order valence-corrected chi connectivity index (χ2v) is 3.32. The molecule has 1 aromatic rings. The van der Waals surface area contributed by atoms with Gasteiger partial charge in [-0.1, -0.05) is 0 Å². The maximum Gasteiger partial charge on any atom is 0.243 e. The minimum atomic E-state index is -0.342. The molecule has 0 aliphatic carbocycles. The fourth-order valence-electron chi connectivity index (χ4n) is 0.792. The fourth-order valence-corrected chi connectivity index (χ4v) is 1.38. The molecule has 0 aromatic carbocycles. The molecule has 0 atom stereocenters. The highest BCUT2D eigenvalue weighted by Gasteiger charge is 2.03. The lowest BCUT2D eigenvalue weighted by molar-refractivity contribution is -0.123. The van der Waals surface area contributed by atoms with Gasteiger partial charge in [0, 0.05) is 5.38 Å². The molecular formula is C8H12ClN3O2S. The summed E-state index contributed by atoms with van der Waals surface area (Å²) in [6.07, 6.45) is 0. The normalized spacial score (nSPS) is 8.87. The molecule has 0 aliphatic heterocycles. The number of hydrogen-bond acceptors (Lipinski definition) is 4. The van der Waals surface area contributed by atoms with E-state index < -0.39 is 0 Å². The number of rotatable bonds is 4. The first-order valence-electron chi connectivity index (χ1n) is 4.01. The second kappa shape index (κ2) is 7.22. The first kappa shape index (κ1) is 13.9. The van der Waals surface area contributed by atoms with Crippen LogP contribution < -0.4 is 16.4 Å². The van der Waals surface area contributed by atoms with Crippen LogP contribution in [0, 0.1) is 0 Å². The summed E-state index contributed by atoms with van der Waals surface area (Å²) in [5, 5.41) is 8.65. The Kier molecular flexibility index (Phi) is 6.68. The molecule has 0 spiro atoms. The molecule has 0 bridgehead atoms. The second-order valence-electron chi connectivity index (χ2n) is 2.54. The summed E-state index contributed by atoms with van der Waals surface area (Å²) in [4.78, 5) is 21.9. The van der Waals surface area contributed by atoms with Crippen LogP contribution in [0.4, 0.5) is 5.69 Å². The summed E-state index contributed by atoms with van der Waals surface area (Å²) in [6.45, 7) is -0.155. The lowest BCUT2D eigenvalue weighted by atomic mass is 10.4. The summed E-state index contributed by atoms with van der Waals surface area (Å²) >= 11 is 1.49. The van der Waals surface area contributed by atoms with E-state index in [0.717, 1.165) is 5.69 Å². The van der Waals surface area contributed by atoms with E-state index in [0.29, 0.717) is 0 Å². The number of anilines is 1. The van der Waals surface area contributed by atoms with Crippen molar-refractivity contribution in [2.24, 2.45) is 5.73 Å². The first-order chi connectivity index (χ1) is 6.72. The van der Waals surface area contributed by atoms with Crippen molar-refractivity contribution in [3.05, 3.63) is 16.8 Å². The van der Waals surface area contributed by atoms with Crippen molar-refractivity contribution < 1.29 is 9.59 Å². The number of thiophene rings is 1. The summed E-state index contributed by atoms with van der Waals surface area (Å²) in [6, 6.07) is 1.79. The molecule has 0 aliphatic rings. The maximum atomic E-state index is 11.2. The minimum absolute atomic E-state index is 0. The van der Waals surface area contributed by atoms with Gasteiger partial charge >= 0.3 is 0 Å². The van der Waals surface area contributed by atoms with E-state index in [9.17, 15) is 9.59 Å². The summed E-state index contributed by atoms with van der Waals surface area (Å²) < 4.78 is 0. The van der Waals surface area contributed by atoms with Crippen molar-refractivity contribution in [3.63, 3.8) is 0 Å². The van der Waals surface area contributed by atoms with Crippen LogP contribution in [0.25, 0.3) is 0 Å². The smallest absolute Gasteiger partial charge is 0.243 e. The predicted molar refractivity (Wildman–Crippen MR) is 62.3 cm³/mol. The van der Waals surface area contributed by atoms with E-state index in [1.54, 1.807) is 6.07 Å². The van der Waals surface area contributed by atoms with E-state index >= 15 is 0 Å². The third kappa shape index (κ3) is 5.36. The van der Waals surface area contributed by atoms with Crippen molar-refractivity contribution in [1.29, 1.82) is 0 Å². The Morgan fingerprint density at radius 3 is 2.67 bits per heavy atom. The van der Waals surface area contributed by atoms with Gasteiger partial charge in [0.05, 0.1) is 18.8 Å². The van der Waals surface area contributed by atoms with Gasteiger partial charge in [-0.3, -0.25) is 9.59 Å². The molecule has 2 amide bonds. The molecule has 15 heavy (non-hydrogen) atoms. The molecule has 0 saturated carbocycles. The summed E-state index contributed by atoms with van der Waals surface area (Å²) in [7, 11) is 0. The number of nitrogens with one attached hydrogen (secondary N) is 2. The molecule has 0 fully saturated rings. The lowest BCUT2D eigenvalue weighted by Gasteiger charge is -2.03. The number of halogens is 1. The quantitative estimate of drug-likeness (QED) is 0.712. The van der Waals surface area contributed by atoms with E-state index in [1.807, 2.05) is 10.8 Å². The van der Waals surface area contributed by atoms with Gasteiger partial charge in [0.15, 0.2) is 0 Å². The standard InChI is InChI=1S/C8H11N3O2S.ClH/c9-3-7(12)10-4-8(13)11-6-1-2-14-5-6;/h1-2,5H,3-4,9H2,(H,10,12)(H,11,13);1H. The fraction of sp³-hybridized carbons (Fsp3) is 0.250. The van der Waals surface area contributed by atoms with E-state index in [2.05, 4.69) is 10.6 Å². The van der Waals surface area contributed by atoms with Crippen LogP contribution >= 0.6 is 23.7 Å². The van der Waals surface area contributed by atoms with Crippen molar-refractivity contribution in [3.8, 4) is 0 Å². The SMILES string of the molecule is Cl.NCC(=O)NCC(=O)Nc1ccsc1. The van der Waals surface area contributed by atoms with Crippen LogP contribution in [0.15, 0.2) is 16.8 Å². The van der Waals surface area contributed by atoms with Crippen molar-refractivity contribution >= 4 is 41.2 Å². The van der Waals surface area contributed by atoms with E-state index in [-0.39, 0.29) is 37.3 Å². The van der Waals surface area contributed by atoms with Crippen LogP contribution in [0.3, 0.4) is 0 Å². The Morgan fingerprint density at radius 1 is 1.40 bits per heavy atom. The van der Waals surface area contributed by atoms with Crippen LogP contribution in [-0.4, -0.2) is 24.9 Å². The van der Waals surface area contributed by atoms with E-state index in [1.165, 1.54) is 11.3 Å². The molecule has 0 unspecified atom stereocenters. The molecule has 0 radical (unpaired) electrons. The largest absolute Gasteiger partial charge is 0.346 e. The molecule has 7 heteroatoms. The topological polar surface area (TPSA) is 84.2 Å². The Labute approximate surface area is 97.4 Å². The van der Waals surface area contributed by atoms with Gasteiger partial charge in [-0.15, -0.1) is 12.4 Å². The Morgan fingerprint density at radius 2 is 2.13 bits per heavy atom. The minimum Gasteiger partial charge on any atom is -0.346 e. The summed E-state index contributed by atoms with van der Waals surface area (Å²) in [5.41, 5.74) is 5.79. The summed E-state index contributed by atoms with van der Waals surface area (Å²) in [5.74, 6) is -0.601. The molecule has 1 rings (SSSR count). The zero-order chi connectivity index (χ0) is 10.4. The van der Waals surface area contributed by atoms with Gasteiger partial charge < -0.3 is 16.4 Å². The van der Waals surface area contributed by atoms with E-state index in [4.69, 9.17) is 5.73 Å². The number of nitrogens with two attached hydrogens (primary N) is 1. The number of carbonyl (C=O) groups excluding carboxylic acids is 2. The van der Waals surface area contributed by atoms with Gasteiger partial charge in [-0.2, -0.15) is 11.3 Å². The average molecular weight is 250 g/mol. The van der Waals surface area contributed by atoms with Gasteiger partial charge in [-0.05, 0) is 11.4 Å². The highest BCUT2D eigenvalue weighted by Crippen LogP contribution is 2.10. The van der Waals surface area contributed by atoms with Gasteiger partial charge in [0.1, 0.15) is 0 Å². The monoisotopic (exact) mass is 249 g/mol. The molecule has 1 aromatic heterocycles. The maximum absolute atomic E-state index is 11.2. The van der Waals surface area contributed by atoms with Gasteiger partial charge in [0.2, 0.25) is 11.8 Å². The molecule has 4 N–H and O–H groups in total.